The fraction of sp³-hybridized carbons (Fsp3) is 0.235. The monoisotopic (exact) mass is 250 g/mol. The first kappa shape index (κ1) is 11.6. The molecule has 1 heteroatoms. The predicted octanol–water partition coefficient (Wildman–Crippen LogP) is 4.31. The minimum Gasteiger partial charge on any atom is -0.100 e. The Kier molecular flexibility index (Phi) is 3.00. The summed E-state index contributed by atoms with van der Waals surface area (Å²) >= 11 is 0. The normalized spacial score (nSPS) is 13.3. The van der Waals surface area contributed by atoms with Crippen LogP contribution in [0.15, 0.2) is 42.0 Å². The molecule has 0 spiro atoms. The maximum Gasteiger partial charge on any atom is -0.00100 e. The summed E-state index contributed by atoms with van der Waals surface area (Å²) in [5, 5.41) is 2.80. The second kappa shape index (κ2) is 4.66. The number of rotatable bonds is 2. The number of benzene rings is 2. The minimum absolute atomic E-state index is 0.216. The largest absolute Gasteiger partial charge is 0.100 e. The molecule has 0 radical (unpaired) electrons. The van der Waals surface area contributed by atoms with E-state index in [1.807, 2.05) is 0 Å². The number of hydrogen-bond donors (Lipinski definition) is 0. The molecular weight excluding hydrogens is 232 g/mol. The first-order valence-electron chi connectivity index (χ1n) is 6.57. The van der Waals surface area contributed by atoms with Crippen LogP contribution in [0.2, 0.25) is 13.1 Å². The lowest BCUT2D eigenvalue weighted by Gasteiger charge is -2.05. The zero-order valence-electron chi connectivity index (χ0n) is 11.0. The van der Waals surface area contributed by atoms with Gasteiger partial charge in [-0.3, -0.25) is 0 Å². The lowest BCUT2D eigenvalue weighted by atomic mass is 10.00. The van der Waals surface area contributed by atoms with Crippen LogP contribution in [0.1, 0.15) is 17.5 Å². The second-order valence-corrected chi connectivity index (χ2v) is 7.88. The van der Waals surface area contributed by atoms with Crippen molar-refractivity contribution in [1.82, 2.24) is 0 Å². The van der Waals surface area contributed by atoms with E-state index in [0.29, 0.717) is 0 Å². The summed E-state index contributed by atoms with van der Waals surface area (Å²) in [4.78, 5) is 0. The van der Waals surface area contributed by atoms with Crippen LogP contribution in [0.25, 0.3) is 16.8 Å². The quantitative estimate of drug-likeness (QED) is 0.697. The summed E-state index contributed by atoms with van der Waals surface area (Å²) in [7, 11) is -0.216. The zero-order valence-corrected chi connectivity index (χ0v) is 12.0. The van der Waals surface area contributed by atoms with Crippen molar-refractivity contribution < 1.29 is 0 Å². The van der Waals surface area contributed by atoms with Crippen molar-refractivity contribution in [2.24, 2.45) is 0 Å². The molecule has 0 bridgehead atoms. The van der Waals surface area contributed by atoms with Gasteiger partial charge in [0.1, 0.15) is 0 Å². The molecule has 1 aliphatic rings. The summed E-state index contributed by atoms with van der Waals surface area (Å²) in [5.74, 6) is 0. The highest BCUT2D eigenvalue weighted by molar-refractivity contribution is 6.63. The summed E-state index contributed by atoms with van der Waals surface area (Å²) in [6.07, 6.45) is 4.70. The third-order valence-electron chi connectivity index (χ3n) is 3.61. The van der Waals surface area contributed by atoms with Gasteiger partial charge in [0.2, 0.25) is 0 Å². The predicted molar refractivity (Wildman–Crippen MR) is 83.8 cm³/mol. The van der Waals surface area contributed by atoms with Crippen molar-refractivity contribution >= 4 is 30.9 Å². The number of hydrogen-bond acceptors (Lipinski definition) is 0. The second-order valence-electron chi connectivity index (χ2n) is 5.32. The van der Waals surface area contributed by atoms with Crippen molar-refractivity contribution in [2.75, 3.05) is 0 Å². The Balaban J connectivity index is 1.98. The molecule has 0 heterocycles. The Morgan fingerprint density at radius 1 is 1.11 bits per heavy atom. The average Bonchev–Trinajstić information content (AvgIpc) is 2.79. The highest BCUT2D eigenvalue weighted by atomic mass is 28.2. The van der Waals surface area contributed by atoms with Crippen molar-refractivity contribution in [2.45, 2.75) is 25.9 Å². The first-order chi connectivity index (χ1) is 8.74. The zero-order chi connectivity index (χ0) is 12.5. The summed E-state index contributed by atoms with van der Waals surface area (Å²) in [6, 6.07) is 13.2. The van der Waals surface area contributed by atoms with Crippen LogP contribution in [0.5, 0.6) is 0 Å². The van der Waals surface area contributed by atoms with Gasteiger partial charge < -0.3 is 0 Å². The molecule has 0 saturated carbocycles. The van der Waals surface area contributed by atoms with E-state index in [4.69, 9.17) is 0 Å². The highest BCUT2D eigenvalue weighted by Crippen LogP contribution is 2.32. The molecule has 0 fully saturated rings. The van der Waals surface area contributed by atoms with Gasteiger partial charge in [-0.15, -0.1) is 5.67 Å². The third-order valence-corrected chi connectivity index (χ3v) is 4.63. The Morgan fingerprint density at radius 2 is 1.94 bits per heavy atom. The van der Waals surface area contributed by atoms with E-state index in [1.54, 1.807) is 5.57 Å². The summed E-state index contributed by atoms with van der Waals surface area (Å²) in [6.45, 7) is 4.70. The van der Waals surface area contributed by atoms with Crippen molar-refractivity contribution in [3.63, 3.8) is 0 Å². The van der Waals surface area contributed by atoms with Crippen LogP contribution < -0.4 is 0 Å². The van der Waals surface area contributed by atoms with Gasteiger partial charge in [-0.2, -0.15) is 0 Å². The maximum atomic E-state index is 2.50. The van der Waals surface area contributed by atoms with Crippen LogP contribution in [0.3, 0.4) is 0 Å². The van der Waals surface area contributed by atoms with Crippen LogP contribution in [0.4, 0.5) is 0 Å². The van der Waals surface area contributed by atoms with E-state index in [2.05, 4.69) is 61.2 Å². The van der Waals surface area contributed by atoms with Crippen LogP contribution in [-0.4, -0.2) is 14.1 Å². The van der Waals surface area contributed by atoms with Gasteiger partial charge in [0.15, 0.2) is 0 Å². The van der Waals surface area contributed by atoms with E-state index >= 15 is 0 Å². The molecule has 18 heavy (non-hydrogen) atoms. The maximum absolute atomic E-state index is 2.50. The standard InChI is InChI=1S/C17H18Si/c1-18(2)10-9-13-11-15-8-7-14-5-3-4-6-16(14)17(15)12-13/h3-8,10-11H,9,12H2,1-2H3. The molecule has 0 saturated heterocycles. The van der Waals surface area contributed by atoms with Gasteiger partial charge in [0.05, 0.1) is 0 Å². The first-order valence-corrected chi connectivity index (χ1v) is 9.15. The van der Waals surface area contributed by atoms with Gasteiger partial charge >= 0.3 is 0 Å². The lowest BCUT2D eigenvalue weighted by Crippen LogP contribution is -1.94. The molecule has 0 unspecified atom stereocenters. The Bertz CT molecular complexity index is 658. The SMILES string of the molecule is C[Si](C)=CCC1=Cc2ccc3ccccc3c2C1. The Morgan fingerprint density at radius 3 is 2.78 bits per heavy atom. The molecule has 0 aromatic heterocycles. The van der Waals surface area contributed by atoms with Crippen LogP contribution in [-0.2, 0) is 6.42 Å². The molecule has 2 aromatic carbocycles. The number of fused-ring (bicyclic) bond motifs is 3. The minimum atomic E-state index is -0.216. The molecule has 90 valence electrons. The van der Waals surface area contributed by atoms with Crippen LogP contribution >= 0.6 is 0 Å². The summed E-state index contributed by atoms with van der Waals surface area (Å²) in [5.41, 5.74) is 7.04. The molecule has 2 aromatic rings. The molecular formula is C17H18Si. The highest BCUT2D eigenvalue weighted by Gasteiger charge is 2.14. The van der Waals surface area contributed by atoms with Gasteiger partial charge in [0, 0.05) is 0 Å². The summed E-state index contributed by atoms with van der Waals surface area (Å²) < 4.78 is 0. The van der Waals surface area contributed by atoms with E-state index < -0.39 is 0 Å². The smallest absolute Gasteiger partial charge is 0.00100 e. The molecule has 0 N–H and O–H groups in total. The van der Waals surface area contributed by atoms with Crippen LogP contribution in [0, 0.1) is 0 Å². The fourth-order valence-electron chi connectivity index (χ4n) is 2.65. The van der Waals surface area contributed by atoms with Gasteiger partial charge in [-0.05, 0) is 43.1 Å². The van der Waals surface area contributed by atoms with Gasteiger partial charge in [-0.25, -0.2) is 0 Å². The fourth-order valence-corrected chi connectivity index (χ4v) is 3.32. The Hall–Kier alpha value is -1.47. The van der Waals surface area contributed by atoms with E-state index in [1.165, 1.54) is 28.3 Å². The van der Waals surface area contributed by atoms with Crippen molar-refractivity contribution in [3.05, 3.63) is 53.1 Å². The van der Waals surface area contributed by atoms with Crippen molar-refractivity contribution in [1.29, 1.82) is 0 Å². The van der Waals surface area contributed by atoms with Gasteiger partial charge in [-0.1, -0.05) is 61.1 Å². The van der Waals surface area contributed by atoms with E-state index in [9.17, 15) is 0 Å². The molecule has 0 amide bonds. The topological polar surface area (TPSA) is 0 Å². The molecule has 0 atom stereocenters. The average molecular weight is 250 g/mol. The number of allylic oxidation sites excluding steroid dienone is 1. The van der Waals surface area contributed by atoms with E-state index in [-0.39, 0.29) is 8.41 Å². The third kappa shape index (κ3) is 2.11. The van der Waals surface area contributed by atoms with Crippen molar-refractivity contribution in [3.8, 4) is 0 Å². The Labute approximate surface area is 110 Å². The molecule has 3 rings (SSSR count). The van der Waals surface area contributed by atoms with E-state index in [0.717, 1.165) is 6.42 Å². The van der Waals surface area contributed by atoms with Gasteiger partial charge in [0.25, 0.3) is 0 Å². The molecule has 1 aliphatic carbocycles. The molecule has 0 nitrogen and oxygen atoms in total. The lowest BCUT2D eigenvalue weighted by molar-refractivity contribution is 1.17. The molecule has 0 aliphatic heterocycles.